The van der Waals surface area contributed by atoms with Crippen molar-refractivity contribution in [3.63, 3.8) is 0 Å². The van der Waals surface area contributed by atoms with Crippen LogP contribution in [0.2, 0.25) is 5.02 Å². The van der Waals surface area contributed by atoms with Gasteiger partial charge in [0, 0.05) is 43.8 Å². The fourth-order valence-corrected chi connectivity index (χ4v) is 3.97. The summed E-state index contributed by atoms with van der Waals surface area (Å²) in [7, 11) is 1.80. The second-order valence-electron chi connectivity index (χ2n) is 7.08. The van der Waals surface area contributed by atoms with Crippen molar-refractivity contribution in [3.8, 4) is 0 Å². The SMILES string of the molecule is CN=C(NCc1ccccc1Cl)NCC1(c2ccccc2C)CCOCC1. The first-order valence-corrected chi connectivity index (χ1v) is 9.84. The Bertz CT molecular complexity index is 785. The number of nitrogens with one attached hydrogen (secondary N) is 2. The molecule has 0 amide bonds. The van der Waals surface area contributed by atoms with Crippen LogP contribution in [0.5, 0.6) is 0 Å². The number of hydrogen-bond donors (Lipinski definition) is 2. The highest BCUT2D eigenvalue weighted by Crippen LogP contribution is 2.36. The lowest BCUT2D eigenvalue weighted by Gasteiger charge is -2.39. The third-order valence-corrected chi connectivity index (χ3v) is 5.76. The van der Waals surface area contributed by atoms with E-state index in [0.717, 1.165) is 49.1 Å². The molecular formula is C22H28ClN3O. The summed E-state index contributed by atoms with van der Waals surface area (Å²) in [5, 5.41) is 7.67. The van der Waals surface area contributed by atoms with Gasteiger partial charge in [-0.25, -0.2) is 0 Å². The minimum atomic E-state index is 0.0611. The molecule has 1 aliphatic heterocycles. The number of benzene rings is 2. The van der Waals surface area contributed by atoms with E-state index in [0.29, 0.717) is 6.54 Å². The van der Waals surface area contributed by atoms with Crippen LogP contribution in [-0.4, -0.2) is 32.8 Å². The summed E-state index contributed by atoms with van der Waals surface area (Å²) in [6.07, 6.45) is 2.01. The normalized spacial score (nSPS) is 16.8. The monoisotopic (exact) mass is 385 g/mol. The molecule has 2 aromatic carbocycles. The van der Waals surface area contributed by atoms with Crippen molar-refractivity contribution < 1.29 is 4.74 Å². The van der Waals surface area contributed by atoms with Crippen molar-refractivity contribution in [2.45, 2.75) is 31.7 Å². The Kier molecular flexibility index (Phi) is 6.75. The Labute approximate surface area is 167 Å². The first-order valence-electron chi connectivity index (χ1n) is 9.46. The summed E-state index contributed by atoms with van der Waals surface area (Å²) in [6, 6.07) is 16.5. The van der Waals surface area contributed by atoms with Crippen LogP contribution in [-0.2, 0) is 16.7 Å². The molecular weight excluding hydrogens is 358 g/mol. The van der Waals surface area contributed by atoms with Gasteiger partial charge in [0.15, 0.2) is 5.96 Å². The molecule has 2 aromatic rings. The standard InChI is InChI=1S/C22H28ClN3O/c1-17-7-3-5-9-19(17)22(11-13-27-14-12-22)16-26-21(24-2)25-15-18-8-4-6-10-20(18)23/h3-10H,11-16H2,1-2H3,(H2,24,25,26). The maximum atomic E-state index is 6.26. The maximum absolute atomic E-state index is 6.26. The molecule has 4 nitrogen and oxygen atoms in total. The molecule has 0 atom stereocenters. The zero-order valence-electron chi connectivity index (χ0n) is 16.1. The molecule has 0 unspecified atom stereocenters. The second kappa shape index (κ2) is 9.25. The Morgan fingerprint density at radius 2 is 1.78 bits per heavy atom. The number of nitrogens with zero attached hydrogens (tertiary/aromatic N) is 1. The molecule has 1 aliphatic rings. The summed E-state index contributed by atoms with van der Waals surface area (Å²) in [5.41, 5.74) is 3.86. The van der Waals surface area contributed by atoms with E-state index < -0.39 is 0 Å². The molecule has 144 valence electrons. The first-order chi connectivity index (χ1) is 13.1. The van der Waals surface area contributed by atoms with Crippen molar-refractivity contribution in [1.29, 1.82) is 0 Å². The molecule has 2 N–H and O–H groups in total. The van der Waals surface area contributed by atoms with E-state index >= 15 is 0 Å². The van der Waals surface area contributed by atoms with Gasteiger partial charge in [0.1, 0.15) is 0 Å². The van der Waals surface area contributed by atoms with E-state index in [-0.39, 0.29) is 5.41 Å². The molecule has 1 fully saturated rings. The summed E-state index contributed by atoms with van der Waals surface area (Å²) in [4.78, 5) is 4.38. The molecule has 0 aliphatic carbocycles. The molecule has 1 heterocycles. The third-order valence-electron chi connectivity index (χ3n) is 5.39. The van der Waals surface area contributed by atoms with Crippen LogP contribution in [0.4, 0.5) is 0 Å². The van der Waals surface area contributed by atoms with E-state index in [1.807, 2.05) is 24.3 Å². The number of ether oxygens (including phenoxy) is 1. The van der Waals surface area contributed by atoms with Gasteiger partial charge in [0.2, 0.25) is 0 Å². The van der Waals surface area contributed by atoms with Gasteiger partial charge >= 0.3 is 0 Å². The molecule has 5 heteroatoms. The summed E-state index contributed by atoms with van der Waals surface area (Å²) < 4.78 is 5.65. The average molecular weight is 386 g/mol. The van der Waals surface area contributed by atoms with Crippen molar-refractivity contribution in [2.24, 2.45) is 4.99 Å². The maximum Gasteiger partial charge on any atom is 0.191 e. The summed E-state index contributed by atoms with van der Waals surface area (Å²) in [6.45, 7) is 5.24. The van der Waals surface area contributed by atoms with Crippen molar-refractivity contribution in [2.75, 3.05) is 26.8 Å². The van der Waals surface area contributed by atoms with E-state index in [1.54, 1.807) is 7.05 Å². The fourth-order valence-electron chi connectivity index (χ4n) is 3.77. The Morgan fingerprint density at radius 1 is 1.07 bits per heavy atom. The Morgan fingerprint density at radius 3 is 2.48 bits per heavy atom. The van der Waals surface area contributed by atoms with Crippen LogP contribution >= 0.6 is 11.6 Å². The third kappa shape index (κ3) is 4.82. The quantitative estimate of drug-likeness (QED) is 0.602. The summed E-state index contributed by atoms with van der Waals surface area (Å²) >= 11 is 6.26. The predicted octanol–water partition coefficient (Wildman–Crippen LogP) is 4.06. The van der Waals surface area contributed by atoms with Crippen LogP contribution in [0.3, 0.4) is 0 Å². The fraction of sp³-hybridized carbons (Fsp3) is 0.409. The van der Waals surface area contributed by atoms with Gasteiger partial charge in [0.25, 0.3) is 0 Å². The van der Waals surface area contributed by atoms with Crippen molar-refractivity contribution >= 4 is 17.6 Å². The lowest BCUT2D eigenvalue weighted by atomic mass is 9.72. The van der Waals surface area contributed by atoms with Gasteiger partial charge in [-0.15, -0.1) is 0 Å². The van der Waals surface area contributed by atoms with Crippen LogP contribution in [0.15, 0.2) is 53.5 Å². The van der Waals surface area contributed by atoms with E-state index in [2.05, 4.69) is 46.8 Å². The highest BCUT2D eigenvalue weighted by atomic mass is 35.5. The Hall–Kier alpha value is -2.04. The number of halogens is 1. The molecule has 1 saturated heterocycles. The van der Waals surface area contributed by atoms with Gasteiger partial charge in [-0.2, -0.15) is 0 Å². The molecule has 3 rings (SSSR count). The first kappa shape index (κ1) is 19.7. The van der Waals surface area contributed by atoms with Gasteiger partial charge in [-0.1, -0.05) is 54.1 Å². The minimum absolute atomic E-state index is 0.0611. The molecule has 0 aromatic heterocycles. The second-order valence-corrected chi connectivity index (χ2v) is 7.49. The van der Waals surface area contributed by atoms with E-state index in [4.69, 9.17) is 16.3 Å². The molecule has 0 saturated carbocycles. The zero-order chi connectivity index (χ0) is 19.1. The van der Waals surface area contributed by atoms with Crippen LogP contribution in [0, 0.1) is 6.92 Å². The number of guanidine groups is 1. The highest BCUT2D eigenvalue weighted by Gasteiger charge is 2.35. The summed E-state index contributed by atoms with van der Waals surface area (Å²) in [5.74, 6) is 0.786. The zero-order valence-corrected chi connectivity index (χ0v) is 16.9. The number of aryl methyl sites for hydroxylation is 1. The molecule has 0 spiro atoms. The lowest BCUT2D eigenvalue weighted by Crippen LogP contribution is -2.48. The number of hydrogen-bond acceptors (Lipinski definition) is 2. The smallest absolute Gasteiger partial charge is 0.191 e. The number of rotatable bonds is 5. The number of aliphatic imine (C=N–C) groups is 1. The topological polar surface area (TPSA) is 45.7 Å². The largest absolute Gasteiger partial charge is 0.381 e. The highest BCUT2D eigenvalue weighted by molar-refractivity contribution is 6.31. The van der Waals surface area contributed by atoms with Crippen LogP contribution in [0.1, 0.15) is 29.5 Å². The van der Waals surface area contributed by atoms with Gasteiger partial charge in [0.05, 0.1) is 0 Å². The van der Waals surface area contributed by atoms with Gasteiger partial charge in [-0.3, -0.25) is 4.99 Å². The molecule has 0 radical (unpaired) electrons. The van der Waals surface area contributed by atoms with Gasteiger partial charge < -0.3 is 15.4 Å². The Balaban J connectivity index is 1.69. The van der Waals surface area contributed by atoms with E-state index in [1.165, 1.54) is 11.1 Å². The lowest BCUT2D eigenvalue weighted by molar-refractivity contribution is 0.0512. The van der Waals surface area contributed by atoms with Crippen molar-refractivity contribution in [1.82, 2.24) is 10.6 Å². The molecule has 0 bridgehead atoms. The van der Waals surface area contributed by atoms with Crippen LogP contribution < -0.4 is 10.6 Å². The van der Waals surface area contributed by atoms with Crippen LogP contribution in [0.25, 0.3) is 0 Å². The van der Waals surface area contributed by atoms with E-state index in [9.17, 15) is 0 Å². The van der Waals surface area contributed by atoms with Crippen molar-refractivity contribution in [3.05, 3.63) is 70.2 Å². The molecule has 27 heavy (non-hydrogen) atoms. The minimum Gasteiger partial charge on any atom is -0.381 e. The average Bonchev–Trinajstić information content (AvgIpc) is 2.70. The van der Waals surface area contributed by atoms with Gasteiger partial charge in [-0.05, 0) is 42.5 Å². The predicted molar refractivity (Wildman–Crippen MR) is 113 cm³/mol.